The summed E-state index contributed by atoms with van der Waals surface area (Å²) in [5, 5.41) is 3.35. The van der Waals surface area contributed by atoms with Crippen molar-refractivity contribution in [3.05, 3.63) is 76.8 Å². The minimum Gasteiger partial charge on any atom is -0.488 e. The van der Waals surface area contributed by atoms with E-state index in [0.717, 1.165) is 5.56 Å². The van der Waals surface area contributed by atoms with E-state index in [1.54, 1.807) is 48.5 Å². The molecule has 0 fully saturated rings. The Kier molecular flexibility index (Phi) is 6.18. The zero-order valence-electron chi connectivity index (χ0n) is 14.9. The Morgan fingerprint density at radius 2 is 1.96 bits per heavy atom. The van der Waals surface area contributed by atoms with Crippen LogP contribution in [0.15, 0.2) is 60.7 Å². The van der Waals surface area contributed by atoms with Crippen molar-refractivity contribution >= 4 is 39.3 Å². The van der Waals surface area contributed by atoms with Gasteiger partial charge in [0.2, 0.25) is 10.0 Å². The number of amides is 1. The van der Waals surface area contributed by atoms with Gasteiger partial charge < -0.3 is 10.1 Å². The lowest BCUT2D eigenvalue weighted by Crippen LogP contribution is -2.25. The summed E-state index contributed by atoms with van der Waals surface area (Å²) in [5.74, 6) is 0.237. The van der Waals surface area contributed by atoms with Gasteiger partial charge in [-0.05, 0) is 42.0 Å². The number of hydrogen-bond donors (Lipinski definition) is 2. The third-order valence-electron chi connectivity index (χ3n) is 3.99. The van der Waals surface area contributed by atoms with E-state index >= 15 is 0 Å². The first-order valence-electron chi connectivity index (χ1n) is 8.48. The van der Waals surface area contributed by atoms with Gasteiger partial charge >= 0.3 is 0 Å². The SMILES string of the molecule is C=CCNS(=O)(=O)Cc1ccc(NC(=O)C2=Cc3cc(Cl)ccc3OC2)cc1. The maximum absolute atomic E-state index is 12.5. The van der Waals surface area contributed by atoms with Gasteiger partial charge in [0.1, 0.15) is 12.4 Å². The molecule has 1 heterocycles. The highest BCUT2D eigenvalue weighted by molar-refractivity contribution is 7.88. The lowest BCUT2D eigenvalue weighted by atomic mass is 10.1. The predicted molar refractivity (Wildman–Crippen MR) is 111 cm³/mol. The van der Waals surface area contributed by atoms with Crippen LogP contribution in [0.2, 0.25) is 5.02 Å². The van der Waals surface area contributed by atoms with Gasteiger partial charge in [0.25, 0.3) is 5.91 Å². The summed E-state index contributed by atoms with van der Waals surface area (Å²) in [5.41, 5.74) is 2.38. The summed E-state index contributed by atoms with van der Waals surface area (Å²) >= 11 is 5.98. The quantitative estimate of drug-likeness (QED) is 0.675. The molecule has 3 rings (SSSR count). The van der Waals surface area contributed by atoms with E-state index in [-0.39, 0.29) is 24.8 Å². The maximum atomic E-state index is 12.5. The van der Waals surface area contributed by atoms with Crippen LogP contribution < -0.4 is 14.8 Å². The van der Waals surface area contributed by atoms with Crippen molar-refractivity contribution in [1.82, 2.24) is 4.72 Å². The lowest BCUT2D eigenvalue weighted by Gasteiger charge is -2.18. The summed E-state index contributed by atoms with van der Waals surface area (Å²) in [7, 11) is -3.43. The number of carbonyl (C=O) groups excluding carboxylic acids is 1. The van der Waals surface area contributed by atoms with Crippen LogP contribution in [-0.4, -0.2) is 27.5 Å². The fourth-order valence-electron chi connectivity index (χ4n) is 2.63. The van der Waals surface area contributed by atoms with Crippen molar-refractivity contribution in [2.75, 3.05) is 18.5 Å². The predicted octanol–water partition coefficient (Wildman–Crippen LogP) is 3.36. The van der Waals surface area contributed by atoms with Crippen LogP contribution in [0.3, 0.4) is 0 Å². The molecular formula is C20H19ClN2O4S. The van der Waals surface area contributed by atoms with Crippen molar-refractivity contribution in [3.63, 3.8) is 0 Å². The van der Waals surface area contributed by atoms with E-state index in [2.05, 4.69) is 16.6 Å². The van der Waals surface area contributed by atoms with E-state index in [1.807, 2.05) is 0 Å². The largest absolute Gasteiger partial charge is 0.488 e. The molecule has 146 valence electrons. The molecule has 1 aliphatic rings. The molecule has 1 amide bonds. The highest BCUT2D eigenvalue weighted by atomic mass is 35.5. The summed E-state index contributed by atoms with van der Waals surface area (Å²) in [6.07, 6.45) is 3.22. The van der Waals surface area contributed by atoms with Crippen LogP contribution in [-0.2, 0) is 20.6 Å². The van der Waals surface area contributed by atoms with Crippen molar-refractivity contribution < 1.29 is 17.9 Å². The fraction of sp³-hybridized carbons (Fsp3) is 0.150. The highest BCUT2D eigenvalue weighted by Gasteiger charge is 2.18. The molecule has 6 nitrogen and oxygen atoms in total. The summed E-state index contributed by atoms with van der Waals surface area (Å²) < 4.78 is 31.8. The average Bonchev–Trinajstić information content (AvgIpc) is 2.67. The number of rotatable bonds is 7. The molecule has 2 aromatic carbocycles. The average molecular weight is 419 g/mol. The number of benzene rings is 2. The Balaban J connectivity index is 1.66. The third-order valence-corrected chi connectivity index (χ3v) is 5.55. The molecule has 2 N–H and O–H groups in total. The molecule has 8 heteroatoms. The minimum absolute atomic E-state index is 0.147. The van der Waals surface area contributed by atoms with Gasteiger partial charge in [-0.3, -0.25) is 4.79 Å². The number of halogens is 1. The van der Waals surface area contributed by atoms with Crippen molar-refractivity contribution in [2.24, 2.45) is 0 Å². The maximum Gasteiger partial charge on any atom is 0.255 e. The van der Waals surface area contributed by atoms with E-state index in [9.17, 15) is 13.2 Å². The number of nitrogens with one attached hydrogen (secondary N) is 2. The third kappa shape index (κ3) is 5.22. The van der Waals surface area contributed by atoms with Crippen molar-refractivity contribution in [3.8, 4) is 5.75 Å². The minimum atomic E-state index is -3.43. The van der Waals surface area contributed by atoms with E-state index < -0.39 is 10.0 Å². The zero-order valence-corrected chi connectivity index (χ0v) is 16.5. The number of anilines is 1. The van der Waals surface area contributed by atoms with Crippen LogP contribution >= 0.6 is 11.6 Å². The molecule has 0 radical (unpaired) electrons. The molecule has 0 saturated heterocycles. The van der Waals surface area contributed by atoms with Crippen LogP contribution in [0.25, 0.3) is 6.08 Å². The second-order valence-electron chi connectivity index (χ2n) is 6.19. The van der Waals surface area contributed by atoms with Gasteiger partial charge in [0.05, 0.1) is 11.3 Å². The second kappa shape index (κ2) is 8.60. The lowest BCUT2D eigenvalue weighted by molar-refractivity contribution is -0.113. The second-order valence-corrected chi connectivity index (χ2v) is 8.43. The number of sulfonamides is 1. The van der Waals surface area contributed by atoms with Crippen molar-refractivity contribution in [1.29, 1.82) is 0 Å². The molecule has 0 atom stereocenters. The molecule has 0 aliphatic carbocycles. The zero-order chi connectivity index (χ0) is 20.1. The normalized spacial score (nSPS) is 13.1. The topological polar surface area (TPSA) is 84.5 Å². The molecule has 0 aromatic heterocycles. The van der Waals surface area contributed by atoms with Crippen LogP contribution in [0.5, 0.6) is 5.75 Å². The Bertz CT molecular complexity index is 1030. The van der Waals surface area contributed by atoms with Gasteiger partial charge in [-0.25, -0.2) is 13.1 Å². The Hall–Kier alpha value is -2.61. The van der Waals surface area contributed by atoms with Gasteiger partial charge in [0.15, 0.2) is 0 Å². The summed E-state index contributed by atoms with van der Waals surface area (Å²) in [6.45, 7) is 3.82. The Labute approximate surface area is 168 Å². The number of hydrogen-bond acceptors (Lipinski definition) is 4. The van der Waals surface area contributed by atoms with Crippen LogP contribution in [0.4, 0.5) is 5.69 Å². The Morgan fingerprint density at radius 1 is 1.21 bits per heavy atom. The first-order chi connectivity index (χ1) is 13.4. The molecule has 0 spiro atoms. The monoisotopic (exact) mass is 418 g/mol. The van der Waals surface area contributed by atoms with Crippen LogP contribution in [0, 0.1) is 0 Å². The smallest absolute Gasteiger partial charge is 0.255 e. The molecular weight excluding hydrogens is 400 g/mol. The first kappa shape index (κ1) is 20.1. The Morgan fingerprint density at radius 3 is 2.68 bits per heavy atom. The number of fused-ring (bicyclic) bond motifs is 1. The van der Waals surface area contributed by atoms with Gasteiger partial charge in [-0.2, -0.15) is 0 Å². The van der Waals surface area contributed by atoms with Gasteiger partial charge in [-0.1, -0.05) is 29.8 Å². The van der Waals surface area contributed by atoms with E-state index in [4.69, 9.17) is 16.3 Å². The highest BCUT2D eigenvalue weighted by Crippen LogP contribution is 2.29. The fourth-order valence-corrected chi connectivity index (χ4v) is 3.92. The molecule has 0 unspecified atom stereocenters. The molecule has 0 bridgehead atoms. The first-order valence-corrected chi connectivity index (χ1v) is 10.5. The standard InChI is InChI=1S/C20H19ClN2O4S/c1-2-9-22-28(25,26)13-14-3-6-18(7-4-14)23-20(24)16-10-15-11-17(21)5-8-19(15)27-12-16/h2-8,10-11,22H,1,9,12-13H2,(H,23,24). The van der Waals surface area contributed by atoms with E-state index in [1.165, 1.54) is 6.08 Å². The summed E-state index contributed by atoms with van der Waals surface area (Å²) in [4.78, 5) is 12.5. The molecule has 2 aromatic rings. The summed E-state index contributed by atoms with van der Waals surface area (Å²) in [6, 6.07) is 11.9. The van der Waals surface area contributed by atoms with Gasteiger partial charge in [0, 0.05) is 22.8 Å². The number of carbonyl (C=O) groups is 1. The molecule has 1 aliphatic heterocycles. The number of ether oxygens (including phenoxy) is 1. The molecule has 0 saturated carbocycles. The molecule has 28 heavy (non-hydrogen) atoms. The van der Waals surface area contributed by atoms with E-state index in [0.29, 0.717) is 27.6 Å². The van der Waals surface area contributed by atoms with Crippen molar-refractivity contribution in [2.45, 2.75) is 5.75 Å². The van der Waals surface area contributed by atoms with Gasteiger partial charge in [-0.15, -0.1) is 6.58 Å². The van der Waals surface area contributed by atoms with Crippen LogP contribution in [0.1, 0.15) is 11.1 Å².